The van der Waals surface area contributed by atoms with Gasteiger partial charge in [0.2, 0.25) is 0 Å². The number of carbonyl (C=O) groups is 2. The predicted octanol–water partition coefficient (Wildman–Crippen LogP) is 2.49. The van der Waals surface area contributed by atoms with Gasteiger partial charge in [-0.05, 0) is 49.8 Å². The third-order valence-corrected chi connectivity index (χ3v) is 7.60. The van der Waals surface area contributed by atoms with Crippen molar-refractivity contribution in [2.45, 2.75) is 25.9 Å². The van der Waals surface area contributed by atoms with Crippen LogP contribution in [0.25, 0.3) is 0 Å². The summed E-state index contributed by atoms with van der Waals surface area (Å²) in [5.74, 6) is 2.00. The molecule has 3 atom stereocenters. The van der Waals surface area contributed by atoms with Crippen LogP contribution in [0.15, 0.2) is 18.2 Å². The largest absolute Gasteiger partial charge is 0.450 e. The zero-order valence-electron chi connectivity index (χ0n) is 17.5. The van der Waals surface area contributed by atoms with Crippen molar-refractivity contribution >= 4 is 34.4 Å². The topological polar surface area (TPSA) is 88.2 Å². The maximum atomic E-state index is 15.0. The quantitative estimate of drug-likeness (QED) is 0.737. The Hall–Kier alpha value is -2.36. The second kappa shape index (κ2) is 9.42. The van der Waals surface area contributed by atoms with Crippen LogP contribution in [0.2, 0.25) is 0 Å². The van der Waals surface area contributed by atoms with Gasteiger partial charge in [0, 0.05) is 35.4 Å². The van der Waals surface area contributed by atoms with Crippen LogP contribution in [0.5, 0.6) is 0 Å². The molecule has 3 fully saturated rings. The van der Waals surface area contributed by atoms with Gasteiger partial charge >= 0.3 is 12.2 Å². The molecular formula is C21H28FN3O5S. The van der Waals surface area contributed by atoms with E-state index in [2.05, 4.69) is 10.2 Å². The fraction of sp³-hybridized carbons (Fsp3) is 0.619. The fourth-order valence-corrected chi connectivity index (χ4v) is 5.93. The molecule has 0 aromatic heterocycles. The molecule has 10 heteroatoms. The molecule has 4 rings (SSSR count). The lowest BCUT2D eigenvalue weighted by Crippen LogP contribution is -2.35. The Balaban J connectivity index is 1.38. The Morgan fingerprint density at radius 2 is 1.97 bits per heavy atom. The second-order valence-corrected chi connectivity index (χ2v) is 9.90. The summed E-state index contributed by atoms with van der Waals surface area (Å²) in [4.78, 5) is 27.1. The minimum atomic E-state index is -0.716. The highest BCUT2D eigenvalue weighted by molar-refractivity contribution is 7.84. The van der Waals surface area contributed by atoms with Gasteiger partial charge in [-0.2, -0.15) is 0 Å². The first-order valence-electron chi connectivity index (χ1n) is 10.7. The van der Waals surface area contributed by atoms with Crippen molar-refractivity contribution in [3.63, 3.8) is 0 Å². The minimum Gasteiger partial charge on any atom is -0.450 e. The normalized spacial score (nSPS) is 28.1. The first kappa shape index (κ1) is 21.9. The third kappa shape index (κ3) is 4.94. The van der Waals surface area contributed by atoms with Crippen LogP contribution in [-0.4, -0.2) is 66.8 Å². The highest BCUT2D eigenvalue weighted by Gasteiger charge is 2.36. The van der Waals surface area contributed by atoms with E-state index in [4.69, 9.17) is 9.47 Å². The van der Waals surface area contributed by atoms with Crippen LogP contribution in [0.4, 0.5) is 25.4 Å². The molecule has 3 saturated heterocycles. The van der Waals surface area contributed by atoms with Crippen LogP contribution in [-0.2, 0) is 20.3 Å². The molecule has 1 aromatic carbocycles. The van der Waals surface area contributed by atoms with Crippen molar-refractivity contribution in [3.8, 4) is 0 Å². The van der Waals surface area contributed by atoms with Crippen molar-refractivity contribution in [2.75, 3.05) is 54.1 Å². The molecule has 3 aliphatic rings. The van der Waals surface area contributed by atoms with E-state index in [1.165, 1.54) is 11.0 Å². The van der Waals surface area contributed by atoms with Gasteiger partial charge in [-0.25, -0.2) is 14.0 Å². The number of amides is 2. The predicted molar refractivity (Wildman–Crippen MR) is 115 cm³/mol. The SMILES string of the molecule is CCOC(=O)NC[C@H]1CN(c2ccc(N3CC4CCS(=O)CCC4C3)c(F)c2)C(=O)O1. The fourth-order valence-electron chi connectivity index (χ4n) is 4.60. The second-order valence-electron chi connectivity index (χ2n) is 8.20. The lowest BCUT2D eigenvalue weighted by atomic mass is 9.92. The Labute approximate surface area is 183 Å². The maximum absolute atomic E-state index is 15.0. The average molecular weight is 454 g/mol. The Kier molecular flexibility index (Phi) is 6.64. The molecule has 0 radical (unpaired) electrons. The molecular weight excluding hydrogens is 425 g/mol. The van der Waals surface area contributed by atoms with E-state index in [0.29, 0.717) is 23.2 Å². The summed E-state index contributed by atoms with van der Waals surface area (Å²) < 4.78 is 36.9. The number of fused-ring (bicyclic) bond motifs is 1. The molecule has 3 heterocycles. The molecule has 3 aliphatic heterocycles. The van der Waals surface area contributed by atoms with Gasteiger partial charge in [0.1, 0.15) is 11.9 Å². The molecule has 1 aromatic rings. The molecule has 31 heavy (non-hydrogen) atoms. The summed E-state index contributed by atoms with van der Waals surface area (Å²) in [5, 5.41) is 2.54. The Bertz CT molecular complexity index is 851. The number of benzene rings is 1. The Morgan fingerprint density at radius 3 is 2.61 bits per heavy atom. The van der Waals surface area contributed by atoms with Gasteiger partial charge in [0.05, 0.1) is 31.1 Å². The molecule has 0 spiro atoms. The average Bonchev–Trinajstić information content (AvgIpc) is 3.27. The van der Waals surface area contributed by atoms with Crippen LogP contribution < -0.4 is 15.1 Å². The number of ether oxygens (including phenoxy) is 2. The molecule has 2 amide bonds. The van der Waals surface area contributed by atoms with Gasteiger partial charge in [0.15, 0.2) is 0 Å². The van der Waals surface area contributed by atoms with Gasteiger partial charge < -0.3 is 19.7 Å². The van der Waals surface area contributed by atoms with Crippen molar-refractivity contribution in [1.29, 1.82) is 0 Å². The van der Waals surface area contributed by atoms with Crippen molar-refractivity contribution in [1.82, 2.24) is 5.32 Å². The van der Waals surface area contributed by atoms with Gasteiger partial charge in [-0.15, -0.1) is 0 Å². The van der Waals surface area contributed by atoms with E-state index in [-0.39, 0.29) is 25.5 Å². The van der Waals surface area contributed by atoms with Gasteiger partial charge in [0.25, 0.3) is 0 Å². The van der Waals surface area contributed by atoms with E-state index in [0.717, 1.165) is 37.4 Å². The van der Waals surface area contributed by atoms with Gasteiger partial charge in [-0.3, -0.25) is 9.11 Å². The smallest absolute Gasteiger partial charge is 0.414 e. The summed E-state index contributed by atoms with van der Waals surface area (Å²) in [6.07, 6.45) is 0.179. The number of anilines is 2. The van der Waals surface area contributed by atoms with Gasteiger partial charge in [-0.1, -0.05) is 0 Å². The first-order chi connectivity index (χ1) is 14.9. The molecule has 0 bridgehead atoms. The van der Waals surface area contributed by atoms with E-state index in [1.807, 2.05) is 0 Å². The number of hydrogen-bond donors (Lipinski definition) is 1. The number of hydrogen-bond acceptors (Lipinski definition) is 6. The summed E-state index contributed by atoms with van der Waals surface area (Å²) in [5.41, 5.74) is 0.958. The van der Waals surface area contributed by atoms with Crippen molar-refractivity contribution < 1.29 is 27.7 Å². The first-order valence-corrected chi connectivity index (χ1v) is 12.2. The standard InChI is InChI=1S/C21H28FN3O5S/c1-2-29-20(26)23-10-17-13-25(21(27)30-17)16-3-4-19(18(22)9-16)24-11-14-5-7-31(28)8-6-15(14)12-24/h3-4,9,14-15,17H,2,5-8,10-13H2,1H3,(H,23,26)/t14?,15?,17-,31?/m0/s1. The molecule has 170 valence electrons. The summed E-state index contributed by atoms with van der Waals surface area (Å²) in [6.45, 7) is 3.84. The van der Waals surface area contributed by atoms with Crippen molar-refractivity contribution in [3.05, 3.63) is 24.0 Å². The lowest BCUT2D eigenvalue weighted by Gasteiger charge is -2.21. The number of carbonyl (C=O) groups excluding carboxylic acids is 2. The summed E-state index contributed by atoms with van der Waals surface area (Å²) in [7, 11) is -0.716. The van der Waals surface area contributed by atoms with E-state index >= 15 is 0 Å². The number of cyclic esters (lactones) is 1. The molecule has 8 nitrogen and oxygen atoms in total. The third-order valence-electron chi connectivity index (χ3n) is 6.22. The molecule has 0 saturated carbocycles. The highest BCUT2D eigenvalue weighted by Crippen LogP contribution is 2.36. The van der Waals surface area contributed by atoms with Crippen molar-refractivity contribution in [2.24, 2.45) is 11.8 Å². The summed E-state index contributed by atoms with van der Waals surface area (Å²) >= 11 is 0. The maximum Gasteiger partial charge on any atom is 0.414 e. The number of rotatable bonds is 5. The number of nitrogens with one attached hydrogen (secondary N) is 1. The zero-order chi connectivity index (χ0) is 22.0. The molecule has 2 unspecified atom stereocenters. The van der Waals surface area contributed by atoms with Crippen LogP contribution in [0, 0.1) is 17.7 Å². The zero-order valence-corrected chi connectivity index (χ0v) is 18.4. The number of alkyl carbamates (subject to hydrolysis) is 1. The highest BCUT2D eigenvalue weighted by atomic mass is 32.2. The molecule has 0 aliphatic carbocycles. The lowest BCUT2D eigenvalue weighted by molar-refractivity contribution is 0.127. The van der Waals surface area contributed by atoms with Crippen LogP contribution in [0.3, 0.4) is 0 Å². The van der Waals surface area contributed by atoms with E-state index in [1.54, 1.807) is 19.1 Å². The van der Waals surface area contributed by atoms with Crippen LogP contribution in [0.1, 0.15) is 19.8 Å². The summed E-state index contributed by atoms with van der Waals surface area (Å²) in [6, 6.07) is 4.80. The van der Waals surface area contributed by atoms with E-state index < -0.39 is 29.1 Å². The number of halogens is 1. The monoisotopic (exact) mass is 453 g/mol. The van der Waals surface area contributed by atoms with E-state index in [9.17, 15) is 18.2 Å². The Morgan fingerprint density at radius 1 is 1.26 bits per heavy atom. The number of nitrogens with zero attached hydrogens (tertiary/aromatic N) is 2. The van der Waals surface area contributed by atoms with Crippen LogP contribution >= 0.6 is 0 Å². The molecule has 1 N–H and O–H groups in total. The minimum absolute atomic E-state index is 0.128.